The van der Waals surface area contributed by atoms with Gasteiger partial charge in [-0.05, 0) is 38.8 Å². The number of carbonyl (C=O) groups is 1. The van der Waals surface area contributed by atoms with Crippen molar-refractivity contribution in [2.75, 3.05) is 23.7 Å². The van der Waals surface area contributed by atoms with E-state index in [4.69, 9.17) is 0 Å². The zero-order valence-electron chi connectivity index (χ0n) is 14.2. The van der Waals surface area contributed by atoms with Gasteiger partial charge in [0.2, 0.25) is 15.9 Å². The summed E-state index contributed by atoms with van der Waals surface area (Å²) in [6, 6.07) is 6.49. The first-order valence-corrected chi connectivity index (χ1v) is 10.0. The normalized spacial score (nSPS) is 17.4. The number of nitrogens with zero attached hydrogens (tertiary/aromatic N) is 2. The Morgan fingerprint density at radius 1 is 1.09 bits per heavy atom. The zero-order chi connectivity index (χ0) is 17.0. The quantitative estimate of drug-likeness (QED) is 0.848. The third-order valence-corrected chi connectivity index (χ3v) is 5.51. The van der Waals surface area contributed by atoms with Gasteiger partial charge in [-0.25, -0.2) is 8.42 Å². The standard InChI is InChI=1S/C17H26N2O3S/c1-14-8-10-16(11-9-14)19(23(3,21)22)15(2)17(20)18-12-6-4-5-7-13-18/h8-11,15H,4-7,12-13H2,1-3H3/t15-/m1/s1. The van der Waals surface area contributed by atoms with Gasteiger partial charge in [0.15, 0.2) is 0 Å². The average molecular weight is 338 g/mol. The van der Waals surface area contributed by atoms with Gasteiger partial charge in [-0.15, -0.1) is 0 Å². The van der Waals surface area contributed by atoms with Crippen LogP contribution in [0.2, 0.25) is 0 Å². The fourth-order valence-corrected chi connectivity index (χ4v) is 4.22. The van der Waals surface area contributed by atoms with Crippen molar-refractivity contribution in [3.05, 3.63) is 29.8 Å². The predicted octanol–water partition coefficient (Wildman–Crippen LogP) is 2.55. The number of rotatable bonds is 4. The molecular formula is C17H26N2O3S. The van der Waals surface area contributed by atoms with Gasteiger partial charge < -0.3 is 4.90 Å². The van der Waals surface area contributed by atoms with E-state index in [0.29, 0.717) is 18.8 Å². The number of carbonyl (C=O) groups excluding carboxylic acids is 1. The van der Waals surface area contributed by atoms with Gasteiger partial charge in [-0.2, -0.15) is 0 Å². The van der Waals surface area contributed by atoms with Crippen molar-refractivity contribution in [3.8, 4) is 0 Å². The van der Waals surface area contributed by atoms with Crippen LogP contribution in [0.3, 0.4) is 0 Å². The second-order valence-corrected chi connectivity index (χ2v) is 8.17. The summed E-state index contributed by atoms with van der Waals surface area (Å²) in [5, 5.41) is 0. The van der Waals surface area contributed by atoms with E-state index in [2.05, 4.69) is 0 Å². The van der Waals surface area contributed by atoms with Crippen LogP contribution in [0.5, 0.6) is 0 Å². The molecule has 1 amide bonds. The highest BCUT2D eigenvalue weighted by molar-refractivity contribution is 7.92. The molecule has 1 aliphatic heterocycles. The Labute approximate surface area is 139 Å². The molecular weight excluding hydrogens is 312 g/mol. The third-order valence-electron chi connectivity index (χ3n) is 4.27. The molecule has 0 N–H and O–H groups in total. The molecule has 0 unspecified atom stereocenters. The van der Waals surface area contributed by atoms with Crippen molar-refractivity contribution >= 4 is 21.6 Å². The van der Waals surface area contributed by atoms with E-state index in [-0.39, 0.29) is 5.91 Å². The summed E-state index contributed by atoms with van der Waals surface area (Å²) in [4.78, 5) is 14.6. The molecule has 1 aromatic rings. The summed E-state index contributed by atoms with van der Waals surface area (Å²) >= 11 is 0. The van der Waals surface area contributed by atoms with Crippen LogP contribution >= 0.6 is 0 Å². The van der Waals surface area contributed by atoms with Gasteiger partial charge in [0.1, 0.15) is 6.04 Å². The fourth-order valence-electron chi connectivity index (χ4n) is 3.05. The van der Waals surface area contributed by atoms with E-state index >= 15 is 0 Å². The highest BCUT2D eigenvalue weighted by atomic mass is 32.2. The molecule has 2 rings (SSSR count). The Balaban J connectivity index is 2.27. The Morgan fingerprint density at radius 3 is 2.09 bits per heavy atom. The Kier molecular flexibility index (Phi) is 5.68. The molecule has 1 aromatic carbocycles. The molecule has 0 aromatic heterocycles. The number of amides is 1. The molecule has 0 radical (unpaired) electrons. The van der Waals surface area contributed by atoms with Crippen molar-refractivity contribution in [1.29, 1.82) is 0 Å². The molecule has 1 heterocycles. The minimum atomic E-state index is -3.54. The van der Waals surface area contributed by atoms with Crippen molar-refractivity contribution in [1.82, 2.24) is 4.90 Å². The highest BCUT2D eigenvalue weighted by Gasteiger charge is 2.32. The van der Waals surface area contributed by atoms with E-state index < -0.39 is 16.1 Å². The van der Waals surface area contributed by atoms with Crippen molar-refractivity contribution in [2.45, 2.75) is 45.6 Å². The number of aryl methyl sites for hydroxylation is 1. The van der Waals surface area contributed by atoms with Crippen LogP contribution in [0, 0.1) is 6.92 Å². The largest absolute Gasteiger partial charge is 0.341 e. The molecule has 0 aliphatic carbocycles. The Hall–Kier alpha value is -1.56. The third kappa shape index (κ3) is 4.47. The van der Waals surface area contributed by atoms with Crippen LogP contribution in [0.25, 0.3) is 0 Å². The predicted molar refractivity (Wildman–Crippen MR) is 93.0 cm³/mol. The molecule has 6 heteroatoms. The van der Waals surface area contributed by atoms with Gasteiger partial charge in [0, 0.05) is 13.1 Å². The summed E-state index contributed by atoms with van der Waals surface area (Å²) in [7, 11) is -3.54. The number of hydrogen-bond acceptors (Lipinski definition) is 3. The van der Waals surface area contributed by atoms with Crippen molar-refractivity contribution < 1.29 is 13.2 Å². The Morgan fingerprint density at radius 2 is 1.61 bits per heavy atom. The molecule has 0 bridgehead atoms. The van der Waals surface area contributed by atoms with Gasteiger partial charge in [0.25, 0.3) is 0 Å². The van der Waals surface area contributed by atoms with Gasteiger partial charge >= 0.3 is 0 Å². The molecule has 5 nitrogen and oxygen atoms in total. The van der Waals surface area contributed by atoms with Crippen LogP contribution in [-0.4, -0.2) is 44.6 Å². The van der Waals surface area contributed by atoms with Gasteiger partial charge in [-0.1, -0.05) is 30.5 Å². The second kappa shape index (κ2) is 7.34. The SMILES string of the molecule is Cc1ccc(N([C@H](C)C(=O)N2CCCCCC2)S(C)(=O)=O)cc1. The van der Waals surface area contributed by atoms with E-state index in [1.807, 2.05) is 24.0 Å². The fraction of sp³-hybridized carbons (Fsp3) is 0.588. The van der Waals surface area contributed by atoms with Crippen LogP contribution < -0.4 is 4.31 Å². The van der Waals surface area contributed by atoms with E-state index in [0.717, 1.165) is 37.5 Å². The van der Waals surface area contributed by atoms with E-state index in [9.17, 15) is 13.2 Å². The molecule has 1 fully saturated rings. The lowest BCUT2D eigenvalue weighted by Crippen LogP contribution is -2.49. The number of sulfonamides is 1. The molecule has 1 atom stereocenters. The zero-order valence-corrected chi connectivity index (χ0v) is 15.0. The first-order chi connectivity index (χ1) is 10.8. The summed E-state index contributed by atoms with van der Waals surface area (Å²) in [5.41, 5.74) is 1.59. The molecule has 0 spiro atoms. The number of hydrogen-bond donors (Lipinski definition) is 0. The van der Waals surface area contributed by atoms with Gasteiger partial charge in [-0.3, -0.25) is 9.10 Å². The lowest BCUT2D eigenvalue weighted by atomic mass is 10.2. The van der Waals surface area contributed by atoms with Crippen molar-refractivity contribution in [2.24, 2.45) is 0 Å². The molecule has 1 saturated heterocycles. The minimum absolute atomic E-state index is 0.113. The maximum absolute atomic E-state index is 12.8. The number of likely N-dealkylation sites (tertiary alicyclic amines) is 1. The smallest absolute Gasteiger partial charge is 0.246 e. The lowest BCUT2D eigenvalue weighted by molar-refractivity contribution is -0.131. The van der Waals surface area contributed by atoms with Crippen LogP contribution in [0.1, 0.15) is 38.2 Å². The topological polar surface area (TPSA) is 57.7 Å². The number of benzene rings is 1. The first-order valence-electron chi connectivity index (χ1n) is 8.15. The van der Waals surface area contributed by atoms with Crippen LogP contribution in [0.4, 0.5) is 5.69 Å². The summed E-state index contributed by atoms with van der Waals surface area (Å²) in [6.07, 6.45) is 5.39. The van der Waals surface area contributed by atoms with E-state index in [1.165, 1.54) is 4.31 Å². The number of anilines is 1. The maximum atomic E-state index is 12.8. The van der Waals surface area contributed by atoms with Crippen LogP contribution in [0.15, 0.2) is 24.3 Å². The van der Waals surface area contributed by atoms with Gasteiger partial charge in [0.05, 0.1) is 11.9 Å². The first kappa shape index (κ1) is 17.8. The summed E-state index contributed by atoms with van der Waals surface area (Å²) < 4.78 is 25.8. The van der Waals surface area contributed by atoms with E-state index in [1.54, 1.807) is 19.1 Å². The lowest BCUT2D eigenvalue weighted by Gasteiger charge is -2.32. The molecule has 128 valence electrons. The maximum Gasteiger partial charge on any atom is 0.246 e. The summed E-state index contributed by atoms with van der Waals surface area (Å²) in [6.45, 7) is 5.05. The second-order valence-electron chi connectivity index (χ2n) is 6.31. The van der Waals surface area contributed by atoms with Crippen molar-refractivity contribution in [3.63, 3.8) is 0 Å². The summed E-state index contributed by atoms with van der Waals surface area (Å²) in [5.74, 6) is -0.113. The highest BCUT2D eigenvalue weighted by Crippen LogP contribution is 2.23. The molecule has 0 saturated carbocycles. The van der Waals surface area contributed by atoms with Crippen LogP contribution in [-0.2, 0) is 14.8 Å². The molecule has 23 heavy (non-hydrogen) atoms. The monoisotopic (exact) mass is 338 g/mol. The average Bonchev–Trinajstić information content (AvgIpc) is 2.76. The minimum Gasteiger partial charge on any atom is -0.341 e. The Bertz CT molecular complexity index is 632. The molecule has 1 aliphatic rings.